The number of carbonyl (C=O) groups excluding carboxylic acids is 2. The van der Waals surface area contributed by atoms with E-state index in [2.05, 4.69) is 15.8 Å². The van der Waals surface area contributed by atoms with Gasteiger partial charge in [0.1, 0.15) is 5.76 Å². The van der Waals surface area contributed by atoms with E-state index >= 15 is 0 Å². The Bertz CT molecular complexity index is 651. The van der Waals surface area contributed by atoms with Gasteiger partial charge in [0.15, 0.2) is 5.82 Å². The maximum Gasteiger partial charge on any atom is 0.314 e. The Balaban J connectivity index is 1.87. The van der Waals surface area contributed by atoms with Crippen LogP contribution in [0.1, 0.15) is 16.9 Å². The zero-order valence-corrected chi connectivity index (χ0v) is 11.6. The van der Waals surface area contributed by atoms with Crippen molar-refractivity contribution in [1.29, 1.82) is 0 Å². The molecule has 0 bridgehead atoms. The highest BCUT2D eigenvalue weighted by molar-refractivity contribution is 6.39. The Morgan fingerprint density at radius 3 is 2.67 bits per heavy atom. The summed E-state index contributed by atoms with van der Waals surface area (Å²) in [6.07, 6.45) is 0. The van der Waals surface area contributed by atoms with Crippen LogP contribution in [0.2, 0.25) is 0 Å². The van der Waals surface area contributed by atoms with Crippen LogP contribution in [-0.4, -0.2) is 17.0 Å². The van der Waals surface area contributed by atoms with Crippen LogP contribution in [0, 0.1) is 6.92 Å². The van der Waals surface area contributed by atoms with Crippen LogP contribution in [0.4, 0.5) is 5.82 Å². The maximum atomic E-state index is 11.7. The molecular formula is C14H16N4O3. The molecule has 0 fully saturated rings. The molecule has 0 radical (unpaired) electrons. The van der Waals surface area contributed by atoms with Crippen LogP contribution >= 0.6 is 0 Å². The normalized spacial score (nSPS) is 10.2. The highest BCUT2D eigenvalue weighted by Gasteiger charge is 2.15. The maximum absolute atomic E-state index is 11.7. The molecule has 2 rings (SSSR count). The van der Waals surface area contributed by atoms with Gasteiger partial charge in [-0.3, -0.25) is 14.9 Å². The summed E-state index contributed by atoms with van der Waals surface area (Å²) in [6.45, 7) is 2.36. The van der Waals surface area contributed by atoms with E-state index in [1.165, 1.54) is 6.07 Å². The lowest BCUT2D eigenvalue weighted by Crippen LogP contribution is -2.35. The van der Waals surface area contributed by atoms with Crippen molar-refractivity contribution in [2.45, 2.75) is 20.0 Å². The quantitative estimate of drug-likeness (QED) is 0.717. The summed E-state index contributed by atoms with van der Waals surface area (Å²) in [5, 5.41) is 8.45. The zero-order valence-electron chi connectivity index (χ0n) is 11.6. The predicted molar refractivity (Wildman–Crippen MR) is 76.0 cm³/mol. The van der Waals surface area contributed by atoms with Crippen LogP contribution in [0.5, 0.6) is 0 Å². The fourth-order valence-corrected chi connectivity index (χ4v) is 1.73. The van der Waals surface area contributed by atoms with E-state index in [4.69, 9.17) is 10.3 Å². The second kappa shape index (κ2) is 6.67. The highest BCUT2D eigenvalue weighted by atomic mass is 16.5. The molecule has 2 aromatic rings. The number of hydrogen-bond donors (Lipinski definition) is 3. The van der Waals surface area contributed by atoms with Gasteiger partial charge in [-0.15, -0.1) is 0 Å². The summed E-state index contributed by atoms with van der Waals surface area (Å²) in [5.74, 6) is -0.783. The third-order valence-corrected chi connectivity index (χ3v) is 2.76. The van der Waals surface area contributed by atoms with Gasteiger partial charge in [-0.2, -0.15) is 0 Å². The Morgan fingerprint density at radius 2 is 2.00 bits per heavy atom. The molecule has 0 atom stereocenters. The van der Waals surface area contributed by atoms with Gasteiger partial charge in [0, 0.05) is 19.2 Å². The summed E-state index contributed by atoms with van der Waals surface area (Å²) < 4.78 is 4.79. The van der Waals surface area contributed by atoms with E-state index < -0.39 is 11.8 Å². The third-order valence-electron chi connectivity index (χ3n) is 2.76. The molecule has 0 aliphatic heterocycles. The first kappa shape index (κ1) is 14.7. The van der Waals surface area contributed by atoms with Gasteiger partial charge in [0.25, 0.3) is 0 Å². The molecule has 21 heavy (non-hydrogen) atoms. The first-order chi connectivity index (χ1) is 10.1. The van der Waals surface area contributed by atoms with E-state index in [-0.39, 0.29) is 12.4 Å². The second-order valence-corrected chi connectivity index (χ2v) is 4.48. The summed E-state index contributed by atoms with van der Waals surface area (Å²) in [6, 6.07) is 8.99. The summed E-state index contributed by atoms with van der Waals surface area (Å²) in [7, 11) is 0. The van der Waals surface area contributed by atoms with E-state index in [9.17, 15) is 9.59 Å². The van der Waals surface area contributed by atoms with Gasteiger partial charge >= 0.3 is 11.8 Å². The van der Waals surface area contributed by atoms with Gasteiger partial charge in [-0.25, -0.2) is 0 Å². The van der Waals surface area contributed by atoms with E-state index in [1.54, 1.807) is 6.92 Å². The lowest BCUT2D eigenvalue weighted by molar-refractivity contribution is -0.136. The molecule has 1 aromatic carbocycles. The largest absolute Gasteiger partial charge is 0.360 e. The predicted octanol–water partition coefficient (Wildman–Crippen LogP) is 0.697. The van der Waals surface area contributed by atoms with Crippen molar-refractivity contribution in [2.24, 2.45) is 5.73 Å². The van der Waals surface area contributed by atoms with Crippen LogP contribution in [0.25, 0.3) is 0 Å². The fourth-order valence-electron chi connectivity index (χ4n) is 1.73. The molecule has 0 saturated heterocycles. The van der Waals surface area contributed by atoms with Crippen LogP contribution in [0.15, 0.2) is 34.9 Å². The van der Waals surface area contributed by atoms with Gasteiger partial charge in [-0.05, 0) is 18.1 Å². The molecule has 7 nitrogen and oxygen atoms in total. The molecule has 0 spiro atoms. The molecule has 7 heteroatoms. The number of anilines is 1. The number of amides is 2. The minimum absolute atomic E-state index is 0.206. The Morgan fingerprint density at radius 1 is 1.24 bits per heavy atom. The Labute approximate surface area is 121 Å². The first-order valence-electron chi connectivity index (χ1n) is 6.39. The number of aryl methyl sites for hydroxylation is 1. The molecule has 0 saturated carbocycles. The lowest BCUT2D eigenvalue weighted by atomic mass is 10.1. The number of nitrogens with zero attached hydrogens (tertiary/aromatic N) is 1. The van der Waals surface area contributed by atoms with Gasteiger partial charge in [0.2, 0.25) is 0 Å². The third kappa shape index (κ3) is 4.15. The van der Waals surface area contributed by atoms with Crippen molar-refractivity contribution in [3.05, 3.63) is 47.2 Å². The number of rotatable bonds is 4. The van der Waals surface area contributed by atoms with Gasteiger partial charge < -0.3 is 15.6 Å². The van der Waals surface area contributed by atoms with E-state index in [0.717, 1.165) is 11.1 Å². The molecule has 110 valence electrons. The number of benzene rings is 1. The molecule has 1 aromatic heterocycles. The number of hydrogen-bond acceptors (Lipinski definition) is 5. The standard InChI is InChI=1S/C14H16N4O3/c1-9-5-12(18-21-9)17-14(20)13(19)16-8-11-4-2-3-10(6-11)7-15/h2-6H,7-8,15H2,1H3,(H,16,19)(H,17,18,20). The minimum atomic E-state index is -0.793. The average Bonchev–Trinajstić information content (AvgIpc) is 2.90. The van der Waals surface area contributed by atoms with Crippen molar-refractivity contribution >= 4 is 17.6 Å². The smallest absolute Gasteiger partial charge is 0.314 e. The number of nitrogens with one attached hydrogen (secondary N) is 2. The van der Waals surface area contributed by atoms with Gasteiger partial charge in [0.05, 0.1) is 0 Å². The van der Waals surface area contributed by atoms with Crippen molar-refractivity contribution in [2.75, 3.05) is 5.32 Å². The topological polar surface area (TPSA) is 110 Å². The van der Waals surface area contributed by atoms with Crippen molar-refractivity contribution in [3.8, 4) is 0 Å². The summed E-state index contributed by atoms with van der Waals surface area (Å²) in [4.78, 5) is 23.3. The van der Waals surface area contributed by atoms with Crippen LogP contribution < -0.4 is 16.4 Å². The summed E-state index contributed by atoms with van der Waals surface area (Å²) in [5.41, 5.74) is 7.38. The molecule has 2 amide bonds. The zero-order chi connectivity index (χ0) is 15.2. The fraction of sp³-hybridized carbons (Fsp3) is 0.214. The first-order valence-corrected chi connectivity index (χ1v) is 6.39. The second-order valence-electron chi connectivity index (χ2n) is 4.48. The number of nitrogens with two attached hydrogens (primary N) is 1. The molecule has 4 N–H and O–H groups in total. The Kier molecular flexibility index (Phi) is 4.68. The average molecular weight is 288 g/mol. The van der Waals surface area contributed by atoms with Crippen molar-refractivity contribution in [3.63, 3.8) is 0 Å². The molecule has 0 unspecified atom stereocenters. The van der Waals surface area contributed by atoms with Crippen molar-refractivity contribution in [1.82, 2.24) is 10.5 Å². The highest BCUT2D eigenvalue weighted by Crippen LogP contribution is 2.07. The molecule has 0 aliphatic rings. The van der Waals surface area contributed by atoms with Crippen molar-refractivity contribution < 1.29 is 14.1 Å². The monoisotopic (exact) mass is 288 g/mol. The lowest BCUT2D eigenvalue weighted by Gasteiger charge is -2.06. The molecular weight excluding hydrogens is 272 g/mol. The van der Waals surface area contributed by atoms with Gasteiger partial charge in [-0.1, -0.05) is 29.4 Å². The minimum Gasteiger partial charge on any atom is -0.360 e. The number of aromatic nitrogens is 1. The van der Waals surface area contributed by atoms with E-state index in [0.29, 0.717) is 12.3 Å². The molecule has 0 aliphatic carbocycles. The Hall–Kier alpha value is -2.67. The van der Waals surface area contributed by atoms with Crippen LogP contribution in [-0.2, 0) is 22.7 Å². The molecule has 1 heterocycles. The summed E-state index contributed by atoms with van der Waals surface area (Å²) >= 11 is 0. The number of carbonyl (C=O) groups is 2. The van der Waals surface area contributed by atoms with E-state index in [1.807, 2.05) is 24.3 Å². The SMILES string of the molecule is Cc1cc(NC(=O)C(=O)NCc2cccc(CN)c2)no1. The van der Waals surface area contributed by atoms with Crippen LogP contribution in [0.3, 0.4) is 0 Å².